The Morgan fingerprint density at radius 2 is 2.04 bits per heavy atom. The van der Waals surface area contributed by atoms with Crippen molar-refractivity contribution in [3.8, 4) is 0 Å². The van der Waals surface area contributed by atoms with E-state index in [2.05, 4.69) is 49.3 Å². The predicted octanol–water partition coefficient (Wildman–Crippen LogP) is 4.36. The molecule has 0 saturated carbocycles. The molecule has 0 bridgehead atoms. The van der Waals surface area contributed by atoms with Crippen LogP contribution in [0.4, 0.5) is 5.69 Å². The minimum Gasteiger partial charge on any atom is -0.324 e. The maximum absolute atomic E-state index is 12.8. The third-order valence-electron chi connectivity index (χ3n) is 5.14. The number of amides is 1. The SMILES string of the molecule is C=CCn1c([C@H]2CC(=O)N(c3cc(C)ccc3C)C2)nc2ccccc21. The number of imidazole rings is 1. The van der Waals surface area contributed by atoms with Crippen LogP contribution in [0.5, 0.6) is 0 Å². The van der Waals surface area contributed by atoms with Gasteiger partial charge in [-0.3, -0.25) is 4.79 Å². The van der Waals surface area contributed by atoms with Gasteiger partial charge in [0.15, 0.2) is 0 Å². The molecular formula is C22H23N3O. The Kier molecular flexibility index (Phi) is 4.11. The number of para-hydroxylation sites is 2. The Morgan fingerprint density at radius 3 is 2.85 bits per heavy atom. The number of benzene rings is 2. The molecule has 1 saturated heterocycles. The minimum atomic E-state index is 0.0924. The number of aromatic nitrogens is 2. The van der Waals surface area contributed by atoms with Gasteiger partial charge in [0.25, 0.3) is 0 Å². The van der Waals surface area contributed by atoms with E-state index < -0.39 is 0 Å². The maximum Gasteiger partial charge on any atom is 0.227 e. The number of aryl methyl sites for hydroxylation is 2. The molecule has 1 amide bonds. The molecule has 3 aromatic rings. The number of carbonyl (C=O) groups is 1. The van der Waals surface area contributed by atoms with Gasteiger partial charge in [-0.25, -0.2) is 4.98 Å². The Hall–Kier alpha value is -2.88. The van der Waals surface area contributed by atoms with Crippen LogP contribution in [0, 0.1) is 13.8 Å². The largest absolute Gasteiger partial charge is 0.324 e. The van der Waals surface area contributed by atoms with Crippen molar-refractivity contribution in [2.45, 2.75) is 32.7 Å². The second-order valence-corrected chi connectivity index (χ2v) is 7.05. The average Bonchev–Trinajstić information content (AvgIpc) is 3.18. The maximum atomic E-state index is 12.8. The zero-order valence-electron chi connectivity index (χ0n) is 15.3. The fourth-order valence-electron chi connectivity index (χ4n) is 3.85. The number of hydrogen-bond donors (Lipinski definition) is 0. The predicted molar refractivity (Wildman–Crippen MR) is 106 cm³/mol. The number of allylic oxidation sites excluding steroid dienone is 1. The molecule has 2 heterocycles. The van der Waals surface area contributed by atoms with E-state index in [1.165, 1.54) is 5.56 Å². The van der Waals surface area contributed by atoms with Gasteiger partial charge in [-0.15, -0.1) is 6.58 Å². The summed E-state index contributed by atoms with van der Waals surface area (Å²) >= 11 is 0. The van der Waals surface area contributed by atoms with E-state index in [4.69, 9.17) is 4.98 Å². The van der Waals surface area contributed by atoms with Gasteiger partial charge in [-0.1, -0.05) is 30.3 Å². The molecular weight excluding hydrogens is 322 g/mol. The topological polar surface area (TPSA) is 38.1 Å². The van der Waals surface area contributed by atoms with Crippen LogP contribution in [0.15, 0.2) is 55.1 Å². The molecule has 4 nitrogen and oxygen atoms in total. The van der Waals surface area contributed by atoms with Crippen LogP contribution in [0.2, 0.25) is 0 Å². The zero-order chi connectivity index (χ0) is 18.3. The molecule has 1 aliphatic heterocycles. The molecule has 0 aliphatic carbocycles. The van der Waals surface area contributed by atoms with Crippen molar-refractivity contribution in [3.63, 3.8) is 0 Å². The van der Waals surface area contributed by atoms with Crippen LogP contribution in [0.1, 0.15) is 29.3 Å². The summed E-state index contributed by atoms with van der Waals surface area (Å²) in [4.78, 5) is 19.5. The van der Waals surface area contributed by atoms with E-state index in [1.807, 2.05) is 29.2 Å². The number of hydrogen-bond acceptors (Lipinski definition) is 2. The fourth-order valence-corrected chi connectivity index (χ4v) is 3.85. The molecule has 1 atom stereocenters. The summed E-state index contributed by atoms with van der Waals surface area (Å²) in [7, 11) is 0. The van der Waals surface area contributed by atoms with Crippen molar-refractivity contribution in [3.05, 3.63) is 72.1 Å². The molecule has 1 aromatic heterocycles. The van der Waals surface area contributed by atoms with Crippen LogP contribution in [0.3, 0.4) is 0 Å². The quantitative estimate of drug-likeness (QED) is 0.659. The smallest absolute Gasteiger partial charge is 0.227 e. The summed E-state index contributed by atoms with van der Waals surface area (Å²) in [6.45, 7) is 9.37. The first-order valence-corrected chi connectivity index (χ1v) is 9.02. The first-order valence-electron chi connectivity index (χ1n) is 9.02. The molecule has 0 unspecified atom stereocenters. The standard InChI is InChI=1S/C22H23N3O/c1-4-11-24-19-8-6-5-7-18(19)23-22(24)17-13-21(26)25(14-17)20-12-15(2)9-10-16(20)3/h4-10,12,17H,1,11,13-14H2,2-3H3/t17-/m0/s1. The van der Waals surface area contributed by atoms with Gasteiger partial charge in [0.05, 0.1) is 11.0 Å². The van der Waals surface area contributed by atoms with Crippen LogP contribution in [-0.2, 0) is 11.3 Å². The summed E-state index contributed by atoms with van der Waals surface area (Å²) in [6, 6.07) is 14.4. The summed E-state index contributed by atoms with van der Waals surface area (Å²) in [5.41, 5.74) is 5.39. The molecule has 1 aliphatic rings. The van der Waals surface area contributed by atoms with Crippen LogP contribution < -0.4 is 4.90 Å². The molecule has 4 rings (SSSR count). The van der Waals surface area contributed by atoms with E-state index >= 15 is 0 Å². The second-order valence-electron chi connectivity index (χ2n) is 7.05. The third kappa shape index (κ3) is 2.71. The summed E-state index contributed by atoms with van der Waals surface area (Å²) in [5, 5.41) is 0. The monoisotopic (exact) mass is 345 g/mol. The van der Waals surface area contributed by atoms with E-state index in [1.54, 1.807) is 0 Å². The molecule has 0 spiro atoms. The van der Waals surface area contributed by atoms with E-state index in [9.17, 15) is 4.79 Å². The number of anilines is 1. The number of fused-ring (bicyclic) bond motifs is 1. The van der Waals surface area contributed by atoms with E-state index in [0.29, 0.717) is 19.5 Å². The van der Waals surface area contributed by atoms with Gasteiger partial charge in [0.2, 0.25) is 5.91 Å². The fraction of sp³-hybridized carbons (Fsp3) is 0.273. The summed E-state index contributed by atoms with van der Waals surface area (Å²) < 4.78 is 2.19. The molecule has 0 N–H and O–H groups in total. The Morgan fingerprint density at radius 1 is 1.23 bits per heavy atom. The van der Waals surface area contributed by atoms with Gasteiger partial charge in [0.1, 0.15) is 5.82 Å². The number of carbonyl (C=O) groups excluding carboxylic acids is 1. The van der Waals surface area contributed by atoms with Crippen LogP contribution in [0.25, 0.3) is 11.0 Å². The Labute approximate surface area is 153 Å². The lowest BCUT2D eigenvalue weighted by Crippen LogP contribution is -2.25. The van der Waals surface area contributed by atoms with Crippen molar-refractivity contribution in [1.82, 2.24) is 9.55 Å². The van der Waals surface area contributed by atoms with Crippen molar-refractivity contribution < 1.29 is 4.79 Å². The lowest BCUT2D eigenvalue weighted by molar-refractivity contribution is -0.117. The molecule has 4 heteroatoms. The first kappa shape index (κ1) is 16.6. The highest BCUT2D eigenvalue weighted by molar-refractivity contribution is 5.97. The van der Waals surface area contributed by atoms with Crippen molar-refractivity contribution in [1.29, 1.82) is 0 Å². The highest BCUT2D eigenvalue weighted by Crippen LogP contribution is 2.34. The van der Waals surface area contributed by atoms with Crippen molar-refractivity contribution in [2.75, 3.05) is 11.4 Å². The molecule has 0 radical (unpaired) electrons. The third-order valence-corrected chi connectivity index (χ3v) is 5.14. The normalized spacial score (nSPS) is 17.2. The van der Waals surface area contributed by atoms with Gasteiger partial charge in [-0.2, -0.15) is 0 Å². The van der Waals surface area contributed by atoms with Crippen molar-refractivity contribution >= 4 is 22.6 Å². The molecule has 1 fully saturated rings. The molecule has 2 aromatic carbocycles. The van der Waals surface area contributed by atoms with Crippen LogP contribution in [-0.4, -0.2) is 22.0 Å². The highest BCUT2D eigenvalue weighted by atomic mass is 16.2. The lowest BCUT2D eigenvalue weighted by atomic mass is 10.1. The van der Waals surface area contributed by atoms with Crippen LogP contribution >= 0.6 is 0 Å². The molecule has 26 heavy (non-hydrogen) atoms. The minimum absolute atomic E-state index is 0.0924. The molecule has 132 valence electrons. The highest BCUT2D eigenvalue weighted by Gasteiger charge is 2.35. The van der Waals surface area contributed by atoms with E-state index in [0.717, 1.165) is 28.1 Å². The Bertz CT molecular complexity index is 1000. The van der Waals surface area contributed by atoms with Gasteiger partial charge < -0.3 is 9.47 Å². The number of rotatable bonds is 4. The zero-order valence-corrected chi connectivity index (χ0v) is 15.3. The average molecular weight is 345 g/mol. The number of nitrogens with zero attached hydrogens (tertiary/aromatic N) is 3. The second kappa shape index (κ2) is 6.45. The lowest BCUT2D eigenvalue weighted by Gasteiger charge is -2.20. The van der Waals surface area contributed by atoms with Crippen molar-refractivity contribution in [2.24, 2.45) is 0 Å². The van der Waals surface area contributed by atoms with Gasteiger partial charge in [0, 0.05) is 31.1 Å². The summed E-state index contributed by atoms with van der Waals surface area (Å²) in [6.07, 6.45) is 2.38. The summed E-state index contributed by atoms with van der Waals surface area (Å²) in [5.74, 6) is 1.24. The van der Waals surface area contributed by atoms with Gasteiger partial charge >= 0.3 is 0 Å². The Balaban J connectivity index is 1.73. The van der Waals surface area contributed by atoms with E-state index in [-0.39, 0.29) is 11.8 Å². The first-order chi connectivity index (χ1) is 12.6. The van der Waals surface area contributed by atoms with Gasteiger partial charge in [-0.05, 0) is 43.2 Å².